The molecule has 0 atom stereocenters. The van der Waals surface area contributed by atoms with E-state index < -0.39 is 24.3 Å². The average molecular weight is 614 g/mol. The van der Waals surface area contributed by atoms with E-state index in [0.717, 1.165) is 49.5 Å². The maximum absolute atomic E-state index is 13.3. The van der Waals surface area contributed by atoms with Gasteiger partial charge in [-0.1, -0.05) is 32.1 Å². The van der Waals surface area contributed by atoms with Gasteiger partial charge in [0.1, 0.15) is 0 Å². The Hall–Kier alpha value is -1.96. The van der Waals surface area contributed by atoms with Gasteiger partial charge in [0.15, 0.2) is 0 Å². The molecule has 1 aromatic rings. The van der Waals surface area contributed by atoms with Crippen LogP contribution in [0.5, 0.6) is 0 Å². The van der Waals surface area contributed by atoms with E-state index in [9.17, 15) is 28.0 Å². The second kappa shape index (κ2) is 19.3. The molecule has 2 aliphatic rings. The first-order chi connectivity index (χ1) is 19.5. The Morgan fingerprint density at radius 2 is 1.79 bits per heavy atom. The number of hydrogen-bond acceptors (Lipinski definition) is 4. The number of carbonyl (C=O) groups is 4. The zero-order valence-corrected chi connectivity index (χ0v) is 28.6. The molecule has 2 saturated heterocycles. The molecule has 0 radical (unpaired) electrons. The number of alkyl halides is 2. The third kappa shape index (κ3) is 12.3. The second-order valence-corrected chi connectivity index (χ2v) is 10.0. The molecule has 1 N–H and O–H groups in total. The van der Waals surface area contributed by atoms with Crippen molar-refractivity contribution in [2.75, 3.05) is 57.8 Å². The maximum atomic E-state index is 13.3. The summed E-state index contributed by atoms with van der Waals surface area (Å²) >= 11 is 0. The van der Waals surface area contributed by atoms with E-state index in [1.165, 1.54) is 4.90 Å². The molecule has 2 aliphatic heterocycles. The molecule has 0 aliphatic carbocycles. The molecule has 3 rings (SSSR count). The summed E-state index contributed by atoms with van der Waals surface area (Å²) in [6.07, 6.45) is 7.98. The molecule has 2 fully saturated rings. The van der Waals surface area contributed by atoms with Crippen LogP contribution in [0.25, 0.3) is 10.9 Å². The number of anilines is 1. The SMILES string of the molecule is CC/C=C/C=C(/C(=O)NCC(=O)N1CCC(F)(F)C1)c1cc(N(C)C=O)ccc1C.CCCC(=O)N1CC[N-]CC1.[K+]. The summed E-state index contributed by atoms with van der Waals surface area (Å²) in [5, 5.41) is 6.72. The Balaban J connectivity index is 0.000000617. The van der Waals surface area contributed by atoms with E-state index in [1.807, 2.05) is 31.7 Å². The summed E-state index contributed by atoms with van der Waals surface area (Å²) in [5.74, 6) is -3.63. The predicted octanol–water partition coefficient (Wildman–Crippen LogP) is 0.927. The number of likely N-dealkylation sites (tertiary alicyclic amines) is 1. The number of carbonyl (C=O) groups excluding carboxylic acids is 4. The van der Waals surface area contributed by atoms with Crippen LogP contribution in [-0.4, -0.2) is 92.7 Å². The zero-order chi connectivity index (χ0) is 30.4. The van der Waals surface area contributed by atoms with Crippen LogP contribution in [0, 0.1) is 6.92 Å². The summed E-state index contributed by atoms with van der Waals surface area (Å²) in [5.41, 5.74) is 2.35. The molecule has 12 heteroatoms. The van der Waals surface area contributed by atoms with Gasteiger partial charge in [-0.2, -0.15) is 0 Å². The van der Waals surface area contributed by atoms with E-state index in [1.54, 1.807) is 37.4 Å². The van der Waals surface area contributed by atoms with Gasteiger partial charge in [-0.3, -0.25) is 19.2 Å². The number of nitrogens with zero attached hydrogens (tertiary/aromatic N) is 4. The second-order valence-electron chi connectivity index (χ2n) is 10.0. The van der Waals surface area contributed by atoms with Gasteiger partial charge in [-0.05, 0) is 49.1 Å². The zero-order valence-electron chi connectivity index (χ0n) is 25.5. The minimum atomic E-state index is -2.88. The van der Waals surface area contributed by atoms with Gasteiger partial charge in [0.25, 0.3) is 11.8 Å². The molecule has 1 aromatic carbocycles. The molecular formula is C30H42F2KN5O4. The minimum Gasteiger partial charge on any atom is -0.659 e. The molecule has 0 unspecified atom stereocenters. The molecule has 9 nitrogen and oxygen atoms in total. The molecule has 0 bridgehead atoms. The molecule has 0 aromatic heterocycles. The van der Waals surface area contributed by atoms with Crippen molar-refractivity contribution in [2.45, 2.75) is 52.4 Å². The van der Waals surface area contributed by atoms with Gasteiger partial charge >= 0.3 is 51.4 Å². The first-order valence-electron chi connectivity index (χ1n) is 14.0. The standard InChI is InChI=1S/C22H27F2N3O3.C8H15N2O.K/c1-4-5-6-7-18(19-12-17(26(3)15-28)9-8-16(19)2)21(30)25-13-20(29)27-11-10-22(23,24)14-27;1-2-3-8(11)10-6-4-9-5-7-10;/h5-9,12,15H,4,10-11,13-14H2,1-3H3,(H,25,30);2-7H2,1H3;/q;-1;+1/b6-5+,18-7+;;. The fourth-order valence-electron chi connectivity index (χ4n) is 4.31. The van der Waals surface area contributed by atoms with Crippen molar-refractivity contribution in [1.82, 2.24) is 15.1 Å². The van der Waals surface area contributed by atoms with Crippen molar-refractivity contribution in [3.8, 4) is 0 Å². The van der Waals surface area contributed by atoms with Crippen LogP contribution >= 0.6 is 0 Å². The third-order valence-corrected chi connectivity index (χ3v) is 6.75. The Bertz CT molecular complexity index is 1120. The molecule has 0 saturated carbocycles. The van der Waals surface area contributed by atoms with Crippen LogP contribution in [0.1, 0.15) is 50.7 Å². The van der Waals surface area contributed by atoms with E-state index in [0.29, 0.717) is 35.6 Å². The summed E-state index contributed by atoms with van der Waals surface area (Å²) in [6.45, 7) is 8.14. The van der Waals surface area contributed by atoms with Gasteiger partial charge in [-0.15, -0.1) is 13.1 Å². The molecule has 226 valence electrons. The smallest absolute Gasteiger partial charge is 0.659 e. The third-order valence-electron chi connectivity index (χ3n) is 6.75. The van der Waals surface area contributed by atoms with Gasteiger partial charge < -0.3 is 25.3 Å². The fraction of sp³-hybridized carbons (Fsp3) is 0.533. The van der Waals surface area contributed by atoms with Crippen molar-refractivity contribution >= 4 is 35.4 Å². The number of allylic oxidation sites excluding steroid dienone is 3. The normalized spacial score (nSPS) is 16.3. The summed E-state index contributed by atoms with van der Waals surface area (Å²) in [4.78, 5) is 51.8. The van der Waals surface area contributed by atoms with Crippen LogP contribution < -0.4 is 61.6 Å². The number of amides is 4. The van der Waals surface area contributed by atoms with Crippen LogP contribution in [-0.2, 0) is 19.2 Å². The molecule has 42 heavy (non-hydrogen) atoms. The molecular weight excluding hydrogens is 571 g/mol. The van der Waals surface area contributed by atoms with Gasteiger partial charge in [-0.25, -0.2) is 8.78 Å². The molecule has 2 heterocycles. The van der Waals surface area contributed by atoms with Crippen molar-refractivity contribution in [3.05, 3.63) is 52.9 Å². The Kier molecular flexibility index (Phi) is 17.5. The molecule has 0 spiro atoms. The van der Waals surface area contributed by atoms with Crippen molar-refractivity contribution in [3.63, 3.8) is 0 Å². The Morgan fingerprint density at radius 1 is 1.10 bits per heavy atom. The van der Waals surface area contributed by atoms with Crippen molar-refractivity contribution in [1.29, 1.82) is 0 Å². The predicted molar refractivity (Wildman–Crippen MR) is 157 cm³/mol. The van der Waals surface area contributed by atoms with Gasteiger partial charge in [0, 0.05) is 50.8 Å². The quantitative estimate of drug-likeness (QED) is 0.184. The van der Waals surface area contributed by atoms with Crippen LogP contribution in [0.15, 0.2) is 36.4 Å². The van der Waals surface area contributed by atoms with E-state index in [-0.39, 0.29) is 70.9 Å². The van der Waals surface area contributed by atoms with Crippen molar-refractivity contribution < 1.29 is 79.3 Å². The maximum Gasteiger partial charge on any atom is 1.00 e. The minimum absolute atomic E-state index is 0. The number of piperazine rings is 1. The average Bonchev–Trinajstić information content (AvgIpc) is 3.34. The number of aryl methyl sites for hydroxylation is 1. The van der Waals surface area contributed by atoms with Crippen LogP contribution in [0.2, 0.25) is 0 Å². The van der Waals surface area contributed by atoms with Gasteiger partial charge in [0.2, 0.25) is 18.2 Å². The fourth-order valence-corrected chi connectivity index (χ4v) is 4.31. The number of halogens is 2. The topological polar surface area (TPSA) is 104 Å². The summed E-state index contributed by atoms with van der Waals surface area (Å²) in [7, 11) is 1.60. The van der Waals surface area contributed by atoms with Crippen LogP contribution in [0.4, 0.5) is 14.5 Å². The van der Waals surface area contributed by atoms with E-state index in [2.05, 4.69) is 10.6 Å². The first-order valence-corrected chi connectivity index (χ1v) is 14.0. The first kappa shape index (κ1) is 38.1. The van der Waals surface area contributed by atoms with Crippen LogP contribution in [0.3, 0.4) is 0 Å². The Labute approximate surface area is 290 Å². The number of rotatable bonds is 10. The van der Waals surface area contributed by atoms with Gasteiger partial charge in [0.05, 0.1) is 13.1 Å². The van der Waals surface area contributed by atoms with Crippen molar-refractivity contribution in [2.24, 2.45) is 0 Å². The number of benzene rings is 1. The van der Waals surface area contributed by atoms with E-state index >= 15 is 0 Å². The number of hydrogen-bond donors (Lipinski definition) is 1. The number of nitrogens with one attached hydrogen (secondary N) is 1. The summed E-state index contributed by atoms with van der Waals surface area (Å²) in [6, 6.07) is 5.28. The largest absolute Gasteiger partial charge is 1.00 e. The monoisotopic (exact) mass is 613 g/mol. The van der Waals surface area contributed by atoms with E-state index in [4.69, 9.17) is 0 Å². The summed E-state index contributed by atoms with van der Waals surface area (Å²) < 4.78 is 26.7. The Morgan fingerprint density at radius 3 is 2.36 bits per heavy atom. The molecule has 4 amide bonds.